The first-order valence-corrected chi connectivity index (χ1v) is 17.5. The Bertz CT molecular complexity index is 3270. The van der Waals surface area contributed by atoms with Gasteiger partial charge in [0.15, 0.2) is 0 Å². The predicted octanol–water partition coefficient (Wildman–Crippen LogP) is 13.2. The molecule has 0 aliphatic carbocycles. The van der Waals surface area contributed by atoms with E-state index in [1.54, 1.807) is 0 Å². The van der Waals surface area contributed by atoms with Gasteiger partial charge in [0.2, 0.25) is 0 Å². The Morgan fingerprint density at radius 3 is 1.61 bits per heavy atom. The van der Waals surface area contributed by atoms with E-state index in [2.05, 4.69) is 167 Å². The molecular weight excluding hydrogens is 621 g/mol. The third-order valence-corrected chi connectivity index (χ3v) is 11.0. The summed E-state index contributed by atoms with van der Waals surface area (Å²) in [6, 6.07) is 61.8. The van der Waals surface area contributed by atoms with Gasteiger partial charge in [-0.05, 0) is 77.4 Å². The summed E-state index contributed by atoms with van der Waals surface area (Å²) in [7, 11) is 0. The largest absolute Gasteiger partial charge is 0.456 e. The van der Waals surface area contributed by atoms with Crippen LogP contribution in [-0.2, 0) is 0 Å². The Hall–Kier alpha value is -6.84. The lowest BCUT2D eigenvalue weighted by atomic mass is 9.99. The number of nitrogens with zero attached hydrogens (tertiary/aromatic N) is 2. The van der Waals surface area contributed by atoms with E-state index in [9.17, 15) is 0 Å². The fourth-order valence-electron chi connectivity index (χ4n) is 8.83. The van der Waals surface area contributed by atoms with Crippen LogP contribution in [0.5, 0.6) is 0 Å². The average molecular weight is 649 g/mol. The van der Waals surface area contributed by atoms with Crippen LogP contribution >= 0.6 is 0 Å². The Balaban J connectivity index is 1.07. The Kier molecular flexibility index (Phi) is 5.23. The van der Waals surface area contributed by atoms with E-state index in [0.717, 1.165) is 27.6 Å². The monoisotopic (exact) mass is 648 g/mol. The van der Waals surface area contributed by atoms with Gasteiger partial charge in [0.05, 0.1) is 27.6 Å². The van der Waals surface area contributed by atoms with Crippen LogP contribution in [0.2, 0.25) is 0 Å². The molecule has 0 N–H and O–H groups in total. The Morgan fingerprint density at radius 2 is 0.882 bits per heavy atom. The van der Waals surface area contributed by atoms with Crippen LogP contribution in [0.25, 0.3) is 110 Å². The fraction of sp³-hybridized carbons (Fsp3) is 0. The molecule has 51 heavy (non-hydrogen) atoms. The number of benzene rings is 8. The summed E-state index contributed by atoms with van der Waals surface area (Å²) in [5.74, 6) is 0. The lowest BCUT2D eigenvalue weighted by Crippen LogP contribution is -1.95. The molecule has 0 aliphatic heterocycles. The second-order valence-corrected chi connectivity index (χ2v) is 13.7. The first kappa shape index (κ1) is 27.0. The van der Waals surface area contributed by atoms with Crippen LogP contribution < -0.4 is 0 Å². The van der Waals surface area contributed by atoms with Gasteiger partial charge in [0.1, 0.15) is 11.2 Å². The first-order valence-electron chi connectivity index (χ1n) is 17.5. The van der Waals surface area contributed by atoms with E-state index in [0.29, 0.717) is 0 Å². The molecule has 3 nitrogen and oxygen atoms in total. The zero-order valence-electron chi connectivity index (χ0n) is 27.5. The summed E-state index contributed by atoms with van der Waals surface area (Å²) in [6.45, 7) is 0. The molecule has 236 valence electrons. The van der Waals surface area contributed by atoms with Crippen LogP contribution in [0.3, 0.4) is 0 Å². The van der Waals surface area contributed by atoms with Gasteiger partial charge in [-0.3, -0.25) is 0 Å². The minimum absolute atomic E-state index is 0.910. The minimum atomic E-state index is 0.910. The number of hydrogen-bond acceptors (Lipinski definition) is 1. The highest BCUT2D eigenvalue weighted by Crippen LogP contribution is 2.43. The molecule has 0 radical (unpaired) electrons. The van der Waals surface area contributed by atoms with Crippen molar-refractivity contribution in [1.29, 1.82) is 0 Å². The van der Waals surface area contributed by atoms with E-state index >= 15 is 0 Å². The van der Waals surface area contributed by atoms with E-state index in [1.807, 2.05) is 12.1 Å². The van der Waals surface area contributed by atoms with Crippen molar-refractivity contribution in [3.8, 4) is 27.9 Å². The van der Waals surface area contributed by atoms with Gasteiger partial charge in [-0.15, -0.1) is 0 Å². The summed E-state index contributed by atoms with van der Waals surface area (Å²) in [4.78, 5) is 0. The molecule has 4 aromatic heterocycles. The molecule has 12 rings (SSSR count). The molecule has 0 saturated carbocycles. The Labute approximate surface area is 292 Å². The van der Waals surface area contributed by atoms with Gasteiger partial charge >= 0.3 is 0 Å². The fourth-order valence-corrected chi connectivity index (χ4v) is 8.83. The molecule has 3 heteroatoms. The lowest BCUT2D eigenvalue weighted by Gasteiger charge is -2.13. The molecular formula is C48H28N2O. The van der Waals surface area contributed by atoms with Crippen molar-refractivity contribution < 1.29 is 4.42 Å². The normalized spacial score (nSPS) is 12.3. The molecule has 0 saturated heterocycles. The number of para-hydroxylation sites is 5. The van der Waals surface area contributed by atoms with Crippen molar-refractivity contribution in [2.75, 3.05) is 0 Å². The van der Waals surface area contributed by atoms with Gasteiger partial charge in [-0.2, -0.15) is 0 Å². The summed E-state index contributed by atoms with van der Waals surface area (Å²) in [5, 5.41) is 9.95. The van der Waals surface area contributed by atoms with E-state index in [-0.39, 0.29) is 0 Å². The number of rotatable bonds is 3. The summed E-state index contributed by atoms with van der Waals surface area (Å²) < 4.78 is 11.1. The maximum Gasteiger partial charge on any atom is 0.135 e. The van der Waals surface area contributed by atoms with E-state index in [4.69, 9.17) is 4.42 Å². The molecule has 0 atom stereocenters. The van der Waals surface area contributed by atoms with Crippen LogP contribution in [0.15, 0.2) is 174 Å². The van der Waals surface area contributed by atoms with Crippen LogP contribution in [0.1, 0.15) is 0 Å². The number of aromatic nitrogens is 2. The number of hydrogen-bond donors (Lipinski definition) is 0. The topological polar surface area (TPSA) is 22.5 Å². The predicted molar refractivity (Wildman–Crippen MR) is 214 cm³/mol. The van der Waals surface area contributed by atoms with Gasteiger partial charge in [-0.25, -0.2) is 0 Å². The highest BCUT2D eigenvalue weighted by molar-refractivity contribution is 6.24. The molecule has 0 unspecified atom stereocenters. The van der Waals surface area contributed by atoms with Crippen molar-refractivity contribution in [3.63, 3.8) is 0 Å². The van der Waals surface area contributed by atoms with E-state index in [1.165, 1.54) is 82.2 Å². The van der Waals surface area contributed by atoms with Gasteiger partial charge in [-0.1, -0.05) is 109 Å². The van der Waals surface area contributed by atoms with Crippen molar-refractivity contribution in [2.24, 2.45) is 0 Å². The molecule has 0 spiro atoms. The molecule has 0 aliphatic rings. The zero-order valence-corrected chi connectivity index (χ0v) is 27.5. The lowest BCUT2D eigenvalue weighted by molar-refractivity contribution is 0.669. The van der Waals surface area contributed by atoms with Gasteiger partial charge in [0, 0.05) is 54.3 Å². The minimum Gasteiger partial charge on any atom is -0.456 e. The molecule has 8 aromatic carbocycles. The molecule has 4 heterocycles. The van der Waals surface area contributed by atoms with Crippen LogP contribution in [0, 0.1) is 0 Å². The summed E-state index contributed by atoms with van der Waals surface area (Å²) in [6.07, 6.45) is 0. The maximum absolute atomic E-state index is 6.19. The second-order valence-electron chi connectivity index (χ2n) is 13.7. The second kappa shape index (κ2) is 9.87. The number of fused-ring (bicyclic) bond motifs is 12. The SMILES string of the molecule is c1ccc2c(c1)oc1ccc(-c3cccc4c5ccccc5n(-c5ccc(-c6cc7c8ccccc8n8c9ccccc9c(c6)c78)cc5)c34)cc12. The molecule has 0 fully saturated rings. The third-order valence-electron chi connectivity index (χ3n) is 11.0. The van der Waals surface area contributed by atoms with Crippen LogP contribution in [0.4, 0.5) is 0 Å². The molecule has 0 amide bonds. The molecule has 12 aromatic rings. The van der Waals surface area contributed by atoms with E-state index < -0.39 is 0 Å². The third kappa shape index (κ3) is 3.62. The van der Waals surface area contributed by atoms with Crippen molar-refractivity contribution in [3.05, 3.63) is 170 Å². The quantitative estimate of drug-likeness (QED) is 0.187. The van der Waals surface area contributed by atoms with Crippen molar-refractivity contribution >= 4 is 81.8 Å². The smallest absolute Gasteiger partial charge is 0.135 e. The highest BCUT2D eigenvalue weighted by Gasteiger charge is 2.20. The zero-order chi connectivity index (χ0) is 33.2. The summed E-state index contributed by atoms with van der Waals surface area (Å²) >= 11 is 0. The number of furan rings is 1. The average Bonchev–Trinajstić information content (AvgIpc) is 3.93. The summed E-state index contributed by atoms with van der Waals surface area (Å²) in [5.41, 5.74) is 14.0. The Morgan fingerprint density at radius 1 is 0.333 bits per heavy atom. The van der Waals surface area contributed by atoms with Crippen molar-refractivity contribution in [1.82, 2.24) is 8.97 Å². The van der Waals surface area contributed by atoms with Gasteiger partial charge < -0.3 is 13.4 Å². The highest BCUT2D eigenvalue weighted by atomic mass is 16.3. The van der Waals surface area contributed by atoms with Gasteiger partial charge in [0.25, 0.3) is 0 Å². The maximum atomic E-state index is 6.19. The molecule has 0 bridgehead atoms. The van der Waals surface area contributed by atoms with Crippen molar-refractivity contribution in [2.45, 2.75) is 0 Å². The first-order chi connectivity index (χ1) is 25.3. The standard InChI is InChI=1S/C48H28N2O/c1-5-16-42-34(10-1)38-15-9-14-33(30-22-25-46-39(26-30)37-13-4-8-19-45(37)51-46)47(38)49(42)32-23-20-29(21-24-32)31-27-40-35-11-2-6-17-43(35)50-44-18-7-3-12-36(44)41(28-31)48(40)50/h1-28H. The van der Waals surface area contributed by atoms with Crippen LogP contribution in [-0.4, -0.2) is 8.97 Å².